The third-order valence-electron chi connectivity index (χ3n) is 2.78. The van der Waals surface area contributed by atoms with E-state index in [4.69, 9.17) is 23.2 Å². The molecule has 0 aliphatic rings. The van der Waals surface area contributed by atoms with Crippen molar-refractivity contribution in [2.45, 2.75) is 0 Å². The minimum Gasteiger partial charge on any atom is -0.352 e. The molecule has 1 nitrogen and oxygen atoms in total. The molecule has 0 radical (unpaired) electrons. The first-order valence-electron chi connectivity index (χ1n) is 5.37. The fourth-order valence-electron chi connectivity index (χ4n) is 1.98. The van der Waals surface area contributed by atoms with Gasteiger partial charge in [0.25, 0.3) is 0 Å². The normalized spacial score (nSPS) is 11.1. The Morgan fingerprint density at radius 1 is 0.944 bits per heavy atom. The van der Waals surface area contributed by atoms with Gasteiger partial charge in [-0.1, -0.05) is 35.3 Å². The Balaban J connectivity index is 2.22. The number of hydrogen-bond donors (Lipinski definition) is 1. The maximum absolute atomic E-state index is 13.7. The minimum absolute atomic E-state index is 0.356. The van der Waals surface area contributed by atoms with Crippen molar-refractivity contribution in [3.8, 4) is 11.3 Å². The first kappa shape index (κ1) is 11.6. The van der Waals surface area contributed by atoms with Crippen molar-refractivity contribution in [2.24, 2.45) is 0 Å². The van der Waals surface area contributed by atoms with Crippen LogP contribution in [-0.4, -0.2) is 4.98 Å². The van der Waals surface area contributed by atoms with Gasteiger partial charge < -0.3 is 4.98 Å². The zero-order valence-electron chi connectivity index (χ0n) is 9.18. The van der Waals surface area contributed by atoms with E-state index >= 15 is 0 Å². The number of aromatic nitrogens is 1. The molecule has 1 heterocycles. The monoisotopic (exact) mass is 279 g/mol. The Bertz CT molecular complexity index is 734. The van der Waals surface area contributed by atoms with Gasteiger partial charge in [-0.15, -0.1) is 0 Å². The Morgan fingerprint density at radius 3 is 2.56 bits per heavy atom. The number of rotatable bonds is 1. The number of nitrogens with one attached hydrogen (secondary N) is 1. The first-order valence-corrected chi connectivity index (χ1v) is 6.13. The maximum atomic E-state index is 13.7. The van der Waals surface area contributed by atoms with Crippen molar-refractivity contribution in [1.29, 1.82) is 0 Å². The largest absolute Gasteiger partial charge is 0.352 e. The molecule has 0 saturated carbocycles. The van der Waals surface area contributed by atoms with Crippen LogP contribution in [0.1, 0.15) is 0 Å². The molecule has 0 atom stereocenters. The van der Waals surface area contributed by atoms with Gasteiger partial charge in [-0.25, -0.2) is 4.39 Å². The third-order valence-corrected chi connectivity index (χ3v) is 3.23. The molecule has 0 amide bonds. The van der Waals surface area contributed by atoms with Gasteiger partial charge in [-0.2, -0.15) is 0 Å². The Kier molecular flexibility index (Phi) is 2.77. The lowest BCUT2D eigenvalue weighted by Gasteiger charge is -1.97. The van der Waals surface area contributed by atoms with Crippen LogP contribution in [0.25, 0.3) is 22.2 Å². The Labute approximate surface area is 113 Å². The van der Waals surface area contributed by atoms with Gasteiger partial charge in [0, 0.05) is 21.1 Å². The Morgan fingerprint density at radius 2 is 1.78 bits per heavy atom. The highest BCUT2D eigenvalue weighted by Crippen LogP contribution is 2.29. The summed E-state index contributed by atoms with van der Waals surface area (Å²) in [5.74, 6) is -0.356. The van der Waals surface area contributed by atoms with Gasteiger partial charge in [-0.05, 0) is 35.9 Å². The van der Waals surface area contributed by atoms with E-state index < -0.39 is 0 Å². The van der Waals surface area contributed by atoms with Crippen LogP contribution in [0.5, 0.6) is 0 Å². The molecule has 0 fully saturated rings. The summed E-state index contributed by atoms with van der Waals surface area (Å²) in [4.78, 5) is 3.04. The topological polar surface area (TPSA) is 15.8 Å². The molecule has 1 N–H and O–H groups in total. The number of fused-ring (bicyclic) bond motifs is 1. The van der Waals surface area contributed by atoms with Crippen LogP contribution in [0, 0.1) is 5.82 Å². The van der Waals surface area contributed by atoms with Gasteiger partial charge in [0.2, 0.25) is 0 Å². The summed E-state index contributed by atoms with van der Waals surface area (Å²) in [6.07, 6.45) is 0. The van der Waals surface area contributed by atoms with Crippen LogP contribution < -0.4 is 0 Å². The summed E-state index contributed by atoms with van der Waals surface area (Å²) in [6.45, 7) is 0. The van der Waals surface area contributed by atoms with E-state index in [2.05, 4.69) is 4.98 Å². The van der Waals surface area contributed by atoms with E-state index in [1.54, 1.807) is 12.1 Å². The minimum atomic E-state index is -0.356. The van der Waals surface area contributed by atoms with Crippen LogP contribution in [0.15, 0.2) is 42.5 Å². The van der Waals surface area contributed by atoms with Crippen molar-refractivity contribution < 1.29 is 4.39 Å². The molecule has 0 unspecified atom stereocenters. The number of halogens is 3. The second-order valence-corrected chi connectivity index (χ2v) is 4.92. The highest BCUT2D eigenvalue weighted by molar-refractivity contribution is 6.31. The lowest BCUT2D eigenvalue weighted by Crippen LogP contribution is -1.79. The van der Waals surface area contributed by atoms with Crippen molar-refractivity contribution in [1.82, 2.24) is 4.98 Å². The summed E-state index contributed by atoms with van der Waals surface area (Å²) in [5.41, 5.74) is 2.18. The van der Waals surface area contributed by atoms with E-state index in [0.29, 0.717) is 15.6 Å². The fourth-order valence-corrected chi connectivity index (χ4v) is 2.38. The second-order valence-electron chi connectivity index (χ2n) is 4.05. The molecular formula is C14H8Cl2FN. The molecule has 4 heteroatoms. The standard InChI is InChI=1S/C14H8Cl2FN/c15-10-3-1-2-8(4-10)13-6-9-5-11(16)7-12(17)14(9)18-13/h1-7,18H. The van der Waals surface area contributed by atoms with Crippen LogP contribution >= 0.6 is 23.2 Å². The quantitative estimate of drug-likeness (QED) is 0.624. The van der Waals surface area contributed by atoms with Gasteiger partial charge in [0.05, 0.1) is 5.52 Å². The number of hydrogen-bond acceptors (Lipinski definition) is 0. The lowest BCUT2D eigenvalue weighted by molar-refractivity contribution is 0.637. The SMILES string of the molecule is Fc1cc(Cl)cc2cc(-c3cccc(Cl)c3)[nH]c12. The van der Waals surface area contributed by atoms with E-state index in [1.165, 1.54) is 6.07 Å². The van der Waals surface area contributed by atoms with Crippen molar-refractivity contribution >= 4 is 34.1 Å². The van der Waals surface area contributed by atoms with Crippen molar-refractivity contribution in [2.75, 3.05) is 0 Å². The average Bonchev–Trinajstić information content (AvgIpc) is 2.73. The molecule has 0 saturated heterocycles. The highest BCUT2D eigenvalue weighted by atomic mass is 35.5. The predicted octanol–water partition coefficient (Wildman–Crippen LogP) is 5.28. The van der Waals surface area contributed by atoms with E-state index in [0.717, 1.165) is 16.6 Å². The summed E-state index contributed by atoms with van der Waals surface area (Å²) >= 11 is 11.8. The van der Waals surface area contributed by atoms with Crippen molar-refractivity contribution in [3.63, 3.8) is 0 Å². The van der Waals surface area contributed by atoms with Gasteiger partial charge in [0.15, 0.2) is 0 Å². The first-order chi connectivity index (χ1) is 8.63. The number of H-pyrrole nitrogens is 1. The van der Waals surface area contributed by atoms with Crippen LogP contribution in [0.2, 0.25) is 10.0 Å². The fraction of sp³-hybridized carbons (Fsp3) is 0. The molecule has 3 aromatic rings. The van der Waals surface area contributed by atoms with E-state index in [-0.39, 0.29) is 5.82 Å². The predicted molar refractivity (Wildman–Crippen MR) is 73.7 cm³/mol. The molecule has 0 bridgehead atoms. The molecule has 0 aliphatic heterocycles. The van der Waals surface area contributed by atoms with Crippen molar-refractivity contribution in [3.05, 3.63) is 58.3 Å². The van der Waals surface area contributed by atoms with E-state index in [9.17, 15) is 4.39 Å². The number of aromatic amines is 1. The zero-order valence-corrected chi connectivity index (χ0v) is 10.7. The lowest BCUT2D eigenvalue weighted by atomic mass is 10.1. The molecule has 0 spiro atoms. The van der Waals surface area contributed by atoms with Crippen LogP contribution in [-0.2, 0) is 0 Å². The Hall–Kier alpha value is -1.51. The highest BCUT2D eigenvalue weighted by Gasteiger charge is 2.08. The van der Waals surface area contributed by atoms with Crippen LogP contribution in [0.4, 0.5) is 4.39 Å². The van der Waals surface area contributed by atoms with E-state index in [1.807, 2.05) is 24.3 Å². The molecule has 1 aromatic heterocycles. The summed E-state index contributed by atoms with van der Waals surface area (Å²) in [7, 11) is 0. The molecule has 90 valence electrons. The van der Waals surface area contributed by atoms with Crippen LogP contribution in [0.3, 0.4) is 0 Å². The summed E-state index contributed by atoms with van der Waals surface area (Å²) < 4.78 is 13.7. The van der Waals surface area contributed by atoms with Gasteiger partial charge >= 0.3 is 0 Å². The smallest absolute Gasteiger partial charge is 0.148 e. The molecule has 3 rings (SSSR count). The molecule has 2 aromatic carbocycles. The van der Waals surface area contributed by atoms with Gasteiger partial charge in [-0.3, -0.25) is 0 Å². The molecular weight excluding hydrogens is 272 g/mol. The average molecular weight is 280 g/mol. The molecule has 18 heavy (non-hydrogen) atoms. The third kappa shape index (κ3) is 1.98. The molecule has 0 aliphatic carbocycles. The summed E-state index contributed by atoms with van der Waals surface area (Å²) in [5, 5.41) is 1.77. The number of benzene rings is 2. The summed E-state index contributed by atoms with van der Waals surface area (Å²) in [6, 6.07) is 12.3. The zero-order chi connectivity index (χ0) is 12.7. The van der Waals surface area contributed by atoms with Gasteiger partial charge in [0.1, 0.15) is 5.82 Å². The second kappa shape index (κ2) is 4.30. The maximum Gasteiger partial charge on any atom is 0.148 e.